The topological polar surface area (TPSA) is 0 Å². The molecule has 0 unspecified atom stereocenters. The van der Waals surface area contributed by atoms with Crippen LogP contribution in [-0.2, 0) is 25.7 Å². The van der Waals surface area contributed by atoms with Crippen molar-refractivity contribution in [2.24, 2.45) is 0 Å². The molecule has 0 aromatic heterocycles. The molecule has 2 aromatic rings. The maximum atomic E-state index is 2.47. The van der Waals surface area contributed by atoms with Crippen molar-refractivity contribution in [1.29, 1.82) is 0 Å². The highest BCUT2D eigenvalue weighted by molar-refractivity contribution is 14.1. The van der Waals surface area contributed by atoms with Gasteiger partial charge in [-0.25, -0.2) is 0 Å². The minimum absolute atomic E-state index is 1.13. The summed E-state index contributed by atoms with van der Waals surface area (Å²) in [5.74, 6) is 0. The summed E-state index contributed by atoms with van der Waals surface area (Å²) in [6.07, 6.45) is 4.54. The smallest absolute Gasteiger partial charge is 0.0165 e. The lowest BCUT2D eigenvalue weighted by Crippen LogP contribution is -2.00. The van der Waals surface area contributed by atoms with E-state index in [0.717, 1.165) is 25.7 Å². The van der Waals surface area contributed by atoms with Crippen LogP contribution in [-0.4, -0.2) is 0 Å². The molecule has 0 bridgehead atoms. The van der Waals surface area contributed by atoms with Crippen molar-refractivity contribution in [3.05, 3.63) is 68.3 Å². The molecule has 0 spiro atoms. The molecular formula is C18H21I. The third kappa shape index (κ3) is 3.82. The van der Waals surface area contributed by atoms with Crippen LogP contribution in [0.25, 0.3) is 0 Å². The van der Waals surface area contributed by atoms with Gasteiger partial charge < -0.3 is 0 Å². The van der Waals surface area contributed by atoms with Crippen LogP contribution in [0.1, 0.15) is 36.1 Å². The molecule has 0 aliphatic carbocycles. The van der Waals surface area contributed by atoms with Gasteiger partial charge in [0.1, 0.15) is 0 Å². The Kier molecular flexibility index (Phi) is 5.44. The molecular weight excluding hydrogens is 343 g/mol. The Labute approximate surface area is 130 Å². The lowest BCUT2D eigenvalue weighted by Gasteiger charge is -2.12. The summed E-state index contributed by atoms with van der Waals surface area (Å²) in [5, 5.41) is 0. The number of aryl methyl sites for hydroxylation is 4. The largest absolute Gasteiger partial charge is 0.0622 e. The van der Waals surface area contributed by atoms with Crippen LogP contribution in [0.4, 0.5) is 0 Å². The predicted octanol–water partition coefficient (Wildman–Crippen LogP) is 5.20. The van der Waals surface area contributed by atoms with Gasteiger partial charge in [-0.2, -0.15) is 0 Å². The molecule has 100 valence electrons. The van der Waals surface area contributed by atoms with E-state index in [1.54, 1.807) is 0 Å². The minimum Gasteiger partial charge on any atom is -0.0622 e. The number of hydrogen-bond donors (Lipinski definition) is 0. The van der Waals surface area contributed by atoms with E-state index in [9.17, 15) is 0 Å². The molecule has 0 saturated carbocycles. The molecule has 0 aliphatic heterocycles. The molecule has 0 radical (unpaired) electrons. The Morgan fingerprint density at radius 1 is 0.789 bits per heavy atom. The second kappa shape index (κ2) is 7.09. The number of hydrogen-bond acceptors (Lipinski definition) is 0. The third-order valence-electron chi connectivity index (χ3n) is 3.66. The van der Waals surface area contributed by atoms with Crippen molar-refractivity contribution < 1.29 is 0 Å². The maximum Gasteiger partial charge on any atom is 0.0165 e. The molecule has 0 saturated heterocycles. The number of benzene rings is 2. The Morgan fingerprint density at radius 2 is 1.47 bits per heavy atom. The van der Waals surface area contributed by atoms with Crippen LogP contribution < -0.4 is 0 Å². The summed E-state index contributed by atoms with van der Waals surface area (Å²) in [4.78, 5) is 0. The molecule has 0 aliphatic rings. The van der Waals surface area contributed by atoms with E-state index >= 15 is 0 Å². The standard InChI is InChI=1S/C18H21I/c1-3-15-13-18(19)16(4-2)12-17(15)11-10-14-8-6-5-7-9-14/h5-9,12-13H,3-4,10-11H2,1-2H3. The van der Waals surface area contributed by atoms with Crippen molar-refractivity contribution in [1.82, 2.24) is 0 Å². The van der Waals surface area contributed by atoms with Gasteiger partial charge in [-0.3, -0.25) is 0 Å². The summed E-state index contributed by atoms with van der Waals surface area (Å²) in [5.41, 5.74) is 5.96. The van der Waals surface area contributed by atoms with E-state index in [4.69, 9.17) is 0 Å². The molecule has 1 heteroatoms. The first kappa shape index (κ1) is 14.6. The van der Waals surface area contributed by atoms with Gasteiger partial charge in [0, 0.05) is 3.57 Å². The van der Waals surface area contributed by atoms with Gasteiger partial charge in [0.2, 0.25) is 0 Å². The lowest BCUT2D eigenvalue weighted by molar-refractivity contribution is 0.921. The van der Waals surface area contributed by atoms with E-state index in [-0.39, 0.29) is 0 Å². The van der Waals surface area contributed by atoms with E-state index in [1.807, 2.05) is 0 Å². The fourth-order valence-electron chi connectivity index (χ4n) is 2.47. The predicted molar refractivity (Wildman–Crippen MR) is 91.8 cm³/mol. The van der Waals surface area contributed by atoms with E-state index in [1.165, 1.54) is 25.8 Å². The molecule has 0 atom stereocenters. The molecule has 19 heavy (non-hydrogen) atoms. The zero-order valence-corrected chi connectivity index (χ0v) is 13.9. The van der Waals surface area contributed by atoms with Gasteiger partial charge in [0.25, 0.3) is 0 Å². The van der Waals surface area contributed by atoms with Gasteiger partial charge >= 0.3 is 0 Å². The highest BCUT2D eigenvalue weighted by Crippen LogP contribution is 2.21. The van der Waals surface area contributed by atoms with Crippen LogP contribution in [0.3, 0.4) is 0 Å². The molecule has 0 N–H and O–H groups in total. The average molecular weight is 364 g/mol. The molecule has 0 amide bonds. The van der Waals surface area contributed by atoms with Crippen molar-refractivity contribution in [2.75, 3.05) is 0 Å². The van der Waals surface area contributed by atoms with Crippen molar-refractivity contribution >= 4 is 22.6 Å². The Bertz CT molecular complexity index is 529. The summed E-state index contributed by atoms with van der Waals surface area (Å²) >= 11 is 2.47. The van der Waals surface area contributed by atoms with Gasteiger partial charge in [-0.15, -0.1) is 0 Å². The van der Waals surface area contributed by atoms with Crippen molar-refractivity contribution in [2.45, 2.75) is 39.5 Å². The second-order valence-corrected chi connectivity index (χ2v) is 6.07. The van der Waals surface area contributed by atoms with E-state index < -0.39 is 0 Å². The van der Waals surface area contributed by atoms with Gasteiger partial charge in [0.15, 0.2) is 0 Å². The molecule has 2 rings (SSSR count). The molecule has 0 fully saturated rings. The summed E-state index contributed by atoms with van der Waals surface area (Å²) in [7, 11) is 0. The summed E-state index contributed by atoms with van der Waals surface area (Å²) in [6.45, 7) is 4.49. The monoisotopic (exact) mass is 364 g/mol. The average Bonchev–Trinajstić information content (AvgIpc) is 2.46. The second-order valence-electron chi connectivity index (χ2n) is 4.91. The quantitative estimate of drug-likeness (QED) is 0.640. The fraction of sp³-hybridized carbons (Fsp3) is 0.333. The molecule has 0 heterocycles. The van der Waals surface area contributed by atoms with Crippen LogP contribution in [0, 0.1) is 3.57 Å². The first-order valence-electron chi connectivity index (χ1n) is 7.08. The SMILES string of the molecule is CCc1cc(CCc2ccccc2)c(CC)cc1I. The zero-order valence-electron chi connectivity index (χ0n) is 11.7. The minimum atomic E-state index is 1.13. The van der Waals surface area contributed by atoms with Crippen molar-refractivity contribution in [3.8, 4) is 0 Å². The van der Waals surface area contributed by atoms with Crippen LogP contribution >= 0.6 is 22.6 Å². The van der Waals surface area contributed by atoms with Crippen molar-refractivity contribution in [3.63, 3.8) is 0 Å². The lowest BCUT2D eigenvalue weighted by atomic mass is 9.96. The number of halogens is 1. The van der Waals surface area contributed by atoms with Gasteiger partial charge in [-0.05, 0) is 76.6 Å². The maximum absolute atomic E-state index is 2.47. The first-order valence-corrected chi connectivity index (χ1v) is 8.16. The zero-order chi connectivity index (χ0) is 13.7. The molecule has 2 aromatic carbocycles. The van der Waals surface area contributed by atoms with E-state index in [0.29, 0.717) is 0 Å². The van der Waals surface area contributed by atoms with Crippen LogP contribution in [0.2, 0.25) is 0 Å². The van der Waals surface area contributed by atoms with Gasteiger partial charge in [-0.1, -0.05) is 50.2 Å². The van der Waals surface area contributed by atoms with Crippen LogP contribution in [0.15, 0.2) is 42.5 Å². The first-order chi connectivity index (χ1) is 9.24. The summed E-state index contributed by atoms with van der Waals surface area (Å²) in [6, 6.07) is 15.6. The Morgan fingerprint density at radius 3 is 2.11 bits per heavy atom. The highest BCUT2D eigenvalue weighted by atomic mass is 127. The summed E-state index contributed by atoms with van der Waals surface area (Å²) < 4.78 is 1.42. The fourth-order valence-corrected chi connectivity index (χ4v) is 3.38. The Hall–Kier alpha value is -0.830. The van der Waals surface area contributed by atoms with E-state index in [2.05, 4.69) is 78.9 Å². The van der Waals surface area contributed by atoms with Crippen LogP contribution in [0.5, 0.6) is 0 Å². The van der Waals surface area contributed by atoms with Gasteiger partial charge in [0.05, 0.1) is 0 Å². The molecule has 0 nitrogen and oxygen atoms in total. The Balaban J connectivity index is 2.19. The highest BCUT2D eigenvalue weighted by Gasteiger charge is 2.06. The third-order valence-corrected chi connectivity index (χ3v) is 4.66. The number of rotatable bonds is 5. The normalized spacial score (nSPS) is 10.7.